The Morgan fingerprint density at radius 3 is 2.42 bits per heavy atom. The molecule has 3 aromatic rings. The van der Waals surface area contributed by atoms with E-state index >= 15 is 0 Å². The highest BCUT2D eigenvalue weighted by atomic mass is 32.1. The van der Waals surface area contributed by atoms with Crippen molar-refractivity contribution in [2.75, 3.05) is 5.32 Å². The summed E-state index contributed by atoms with van der Waals surface area (Å²) in [6, 6.07) is 21.2. The molecule has 0 fully saturated rings. The first kappa shape index (κ1) is 16.0. The predicted octanol–water partition coefficient (Wildman–Crippen LogP) is 5.39. The van der Waals surface area contributed by atoms with Crippen LogP contribution in [0.1, 0.15) is 12.5 Å². The Bertz CT molecular complexity index is 826. The summed E-state index contributed by atoms with van der Waals surface area (Å²) in [4.78, 5) is 17.8. The molecule has 1 N–H and O–H groups in total. The topological polar surface area (TPSA) is 50.7 Å². The number of benzene rings is 2. The van der Waals surface area contributed by atoms with Gasteiger partial charge in [0.2, 0.25) is 0 Å². The van der Waals surface area contributed by atoms with Crippen molar-refractivity contribution in [3.05, 3.63) is 77.7 Å². The van der Waals surface area contributed by atoms with E-state index in [1.807, 2.05) is 48.5 Å². The lowest BCUT2D eigenvalue weighted by molar-refractivity contribution is 0.166. The van der Waals surface area contributed by atoms with Crippen LogP contribution in [0.5, 0.6) is 0 Å². The Hall–Kier alpha value is -2.92. The summed E-state index contributed by atoms with van der Waals surface area (Å²) in [5.41, 5.74) is 3.36. The largest absolute Gasteiger partial charge is 0.437 e. The highest BCUT2D eigenvalue weighted by molar-refractivity contribution is 7.13. The fourth-order valence-electron chi connectivity index (χ4n) is 2.14. The number of oxime groups is 1. The molecule has 2 aromatic carbocycles. The number of nitrogens with zero attached hydrogens (tertiary/aromatic N) is 1. The molecule has 0 aliphatic heterocycles. The van der Waals surface area contributed by atoms with Gasteiger partial charge in [0.15, 0.2) is 0 Å². The normalized spacial score (nSPS) is 11.1. The third-order valence-electron chi connectivity index (χ3n) is 3.39. The van der Waals surface area contributed by atoms with E-state index in [2.05, 4.69) is 21.9 Å². The highest BCUT2D eigenvalue weighted by Gasteiger charge is 2.05. The maximum Gasteiger partial charge on any atom is 0.437 e. The van der Waals surface area contributed by atoms with Crippen LogP contribution in [0, 0.1) is 0 Å². The number of rotatable bonds is 4. The Balaban J connectivity index is 1.62. The van der Waals surface area contributed by atoms with E-state index in [0.717, 1.165) is 11.1 Å². The minimum absolute atomic E-state index is 0.615. The van der Waals surface area contributed by atoms with Gasteiger partial charge in [0.25, 0.3) is 0 Å². The molecule has 24 heavy (non-hydrogen) atoms. The van der Waals surface area contributed by atoms with Crippen molar-refractivity contribution in [2.24, 2.45) is 5.16 Å². The summed E-state index contributed by atoms with van der Waals surface area (Å²) in [6.07, 6.45) is -0.615. The molecule has 1 heterocycles. The second-order valence-corrected chi connectivity index (χ2v) is 6.05. The average molecular weight is 336 g/mol. The molecule has 4 nitrogen and oxygen atoms in total. The van der Waals surface area contributed by atoms with E-state index in [1.165, 1.54) is 4.88 Å². The number of para-hydroxylation sites is 1. The Labute approximate surface area is 144 Å². The summed E-state index contributed by atoms with van der Waals surface area (Å²) in [5.74, 6) is 0. The van der Waals surface area contributed by atoms with Crippen LogP contribution in [-0.2, 0) is 4.84 Å². The second kappa shape index (κ2) is 7.57. The standard InChI is InChI=1S/C19H16N2O2S/c1-14(21-23-19(22)20-17-6-3-2-4-7-17)15-9-11-16(12-10-15)18-8-5-13-24-18/h2-13H,1H3,(H,20,22). The number of amides is 1. The van der Waals surface area contributed by atoms with Crippen molar-refractivity contribution in [3.63, 3.8) is 0 Å². The molecule has 3 rings (SSSR count). The smallest absolute Gasteiger partial charge is 0.298 e. The fourth-order valence-corrected chi connectivity index (χ4v) is 2.88. The summed E-state index contributed by atoms with van der Waals surface area (Å²) in [7, 11) is 0. The summed E-state index contributed by atoms with van der Waals surface area (Å²) in [5, 5.41) is 8.55. The van der Waals surface area contributed by atoms with Crippen LogP contribution in [0.25, 0.3) is 10.4 Å². The molecule has 0 aliphatic carbocycles. The number of nitrogens with one attached hydrogen (secondary N) is 1. The van der Waals surface area contributed by atoms with Crippen molar-refractivity contribution >= 4 is 28.8 Å². The number of hydrogen-bond donors (Lipinski definition) is 1. The first-order valence-electron chi connectivity index (χ1n) is 7.44. The Morgan fingerprint density at radius 1 is 1.00 bits per heavy atom. The second-order valence-electron chi connectivity index (χ2n) is 5.10. The SMILES string of the molecule is CC(=NOC(=O)Nc1ccccc1)c1ccc(-c2cccs2)cc1. The van der Waals surface area contributed by atoms with Crippen molar-refractivity contribution in [3.8, 4) is 10.4 Å². The molecule has 0 saturated carbocycles. The van der Waals surface area contributed by atoms with Gasteiger partial charge in [-0.15, -0.1) is 11.3 Å². The third kappa shape index (κ3) is 4.08. The van der Waals surface area contributed by atoms with Crippen LogP contribution in [0.4, 0.5) is 10.5 Å². The maximum absolute atomic E-state index is 11.7. The number of anilines is 1. The lowest BCUT2D eigenvalue weighted by Crippen LogP contribution is -2.11. The lowest BCUT2D eigenvalue weighted by Gasteiger charge is -2.04. The van der Waals surface area contributed by atoms with Crippen molar-refractivity contribution in [1.82, 2.24) is 0 Å². The maximum atomic E-state index is 11.7. The zero-order chi connectivity index (χ0) is 16.8. The molecular weight excluding hydrogens is 320 g/mol. The van der Waals surface area contributed by atoms with Gasteiger partial charge in [-0.1, -0.05) is 53.7 Å². The fraction of sp³-hybridized carbons (Fsp3) is 0.0526. The van der Waals surface area contributed by atoms with Crippen LogP contribution >= 0.6 is 11.3 Å². The lowest BCUT2D eigenvalue weighted by atomic mass is 10.1. The first-order valence-corrected chi connectivity index (χ1v) is 8.32. The molecule has 0 saturated heterocycles. The van der Waals surface area contributed by atoms with Crippen LogP contribution < -0.4 is 5.32 Å². The van der Waals surface area contributed by atoms with Crippen LogP contribution in [0.2, 0.25) is 0 Å². The van der Waals surface area contributed by atoms with E-state index in [1.54, 1.807) is 30.4 Å². The van der Waals surface area contributed by atoms with Gasteiger partial charge in [-0.25, -0.2) is 4.79 Å². The van der Waals surface area contributed by atoms with Crippen LogP contribution in [0.15, 0.2) is 77.3 Å². The molecule has 0 atom stereocenters. The van der Waals surface area contributed by atoms with Gasteiger partial charge in [0.05, 0.1) is 5.71 Å². The van der Waals surface area contributed by atoms with Crippen molar-refractivity contribution in [2.45, 2.75) is 6.92 Å². The first-order chi connectivity index (χ1) is 11.7. The zero-order valence-corrected chi connectivity index (χ0v) is 13.9. The van der Waals surface area contributed by atoms with Gasteiger partial charge in [-0.3, -0.25) is 10.2 Å². The summed E-state index contributed by atoms with van der Waals surface area (Å²) >= 11 is 1.70. The van der Waals surface area contributed by atoms with Gasteiger partial charge in [-0.2, -0.15) is 0 Å². The molecule has 1 amide bonds. The monoisotopic (exact) mass is 336 g/mol. The zero-order valence-electron chi connectivity index (χ0n) is 13.1. The third-order valence-corrected chi connectivity index (χ3v) is 4.31. The predicted molar refractivity (Wildman–Crippen MR) is 98.5 cm³/mol. The molecule has 0 radical (unpaired) electrons. The molecule has 120 valence electrons. The van der Waals surface area contributed by atoms with E-state index in [4.69, 9.17) is 4.84 Å². The van der Waals surface area contributed by atoms with E-state index < -0.39 is 6.09 Å². The van der Waals surface area contributed by atoms with Gasteiger partial charge in [0.1, 0.15) is 0 Å². The van der Waals surface area contributed by atoms with Crippen molar-refractivity contribution < 1.29 is 9.63 Å². The van der Waals surface area contributed by atoms with E-state index in [9.17, 15) is 4.79 Å². The average Bonchev–Trinajstić information content (AvgIpc) is 3.15. The van der Waals surface area contributed by atoms with Gasteiger partial charge in [0, 0.05) is 10.6 Å². The summed E-state index contributed by atoms with van der Waals surface area (Å²) < 4.78 is 0. The van der Waals surface area contributed by atoms with E-state index in [0.29, 0.717) is 11.4 Å². The molecule has 0 bridgehead atoms. The van der Waals surface area contributed by atoms with Crippen molar-refractivity contribution in [1.29, 1.82) is 0 Å². The molecule has 0 unspecified atom stereocenters. The summed E-state index contributed by atoms with van der Waals surface area (Å²) in [6.45, 7) is 1.80. The quantitative estimate of drug-likeness (QED) is 0.394. The Kier molecular flexibility index (Phi) is 5.03. The minimum Gasteiger partial charge on any atom is -0.298 e. The number of hydrogen-bond acceptors (Lipinski definition) is 4. The van der Waals surface area contributed by atoms with Crippen LogP contribution in [0.3, 0.4) is 0 Å². The molecule has 1 aromatic heterocycles. The minimum atomic E-state index is -0.615. The molecule has 0 aliphatic rings. The number of carbonyl (C=O) groups is 1. The molecule has 0 spiro atoms. The Morgan fingerprint density at radius 2 is 1.75 bits per heavy atom. The van der Waals surface area contributed by atoms with Gasteiger partial charge < -0.3 is 0 Å². The number of carbonyl (C=O) groups excluding carboxylic acids is 1. The molecular formula is C19H16N2O2S. The van der Waals surface area contributed by atoms with Gasteiger partial charge in [-0.05, 0) is 41.6 Å². The van der Waals surface area contributed by atoms with E-state index in [-0.39, 0.29) is 0 Å². The number of thiophene rings is 1. The van der Waals surface area contributed by atoms with Gasteiger partial charge >= 0.3 is 6.09 Å². The van der Waals surface area contributed by atoms with Crippen LogP contribution in [-0.4, -0.2) is 11.8 Å². The molecule has 5 heteroatoms. The highest BCUT2D eigenvalue weighted by Crippen LogP contribution is 2.24.